The summed E-state index contributed by atoms with van der Waals surface area (Å²) in [6, 6.07) is 11.4. The number of hydrogen-bond acceptors (Lipinski definition) is 6. The highest BCUT2D eigenvalue weighted by atomic mass is 16.5. The monoisotopic (exact) mass is 428 g/mol. The highest BCUT2D eigenvalue weighted by molar-refractivity contribution is 5.69. The van der Waals surface area contributed by atoms with E-state index in [1.807, 2.05) is 50.2 Å². The van der Waals surface area contributed by atoms with Crippen molar-refractivity contribution >= 4 is 6.02 Å². The number of rotatable bonds is 4. The number of hydrogen-bond donors (Lipinski definition) is 2. The van der Waals surface area contributed by atoms with Gasteiger partial charge in [-0.05, 0) is 49.7 Å². The molecule has 7 nitrogen and oxygen atoms in total. The van der Waals surface area contributed by atoms with Gasteiger partial charge in [-0.25, -0.2) is 9.97 Å². The molecule has 2 heterocycles. The number of nitrogens with one attached hydrogen (secondary N) is 1. The maximum absolute atomic E-state index is 7.53. The van der Waals surface area contributed by atoms with Crippen LogP contribution >= 0.6 is 0 Å². The Balaban J connectivity index is 1.77. The SMILES string of the molecule is COC(C)(C)C#Cc1ccc2c(c1)[C@H](COC(=N)N)c1cc(-c3cncnc3)ccc1O2. The normalized spacial score (nSPS) is 14.3. The van der Waals surface area contributed by atoms with Crippen LogP contribution < -0.4 is 10.5 Å². The minimum atomic E-state index is -0.553. The summed E-state index contributed by atoms with van der Waals surface area (Å²) < 4.78 is 17.0. The predicted octanol–water partition coefficient (Wildman–Crippen LogP) is 4.07. The maximum Gasteiger partial charge on any atom is 0.279 e. The Morgan fingerprint density at radius 3 is 2.47 bits per heavy atom. The molecule has 4 rings (SSSR count). The van der Waals surface area contributed by atoms with Crippen molar-refractivity contribution in [1.29, 1.82) is 5.41 Å². The molecule has 7 heteroatoms. The largest absolute Gasteiger partial charge is 0.465 e. The van der Waals surface area contributed by atoms with Crippen LogP contribution in [0.2, 0.25) is 0 Å². The number of amidine groups is 1. The van der Waals surface area contributed by atoms with Gasteiger partial charge in [0.2, 0.25) is 0 Å². The van der Waals surface area contributed by atoms with E-state index in [2.05, 4.69) is 21.8 Å². The van der Waals surface area contributed by atoms with Crippen LogP contribution in [0.15, 0.2) is 55.1 Å². The molecule has 3 N–H and O–H groups in total. The van der Waals surface area contributed by atoms with Crippen molar-refractivity contribution in [3.8, 4) is 34.5 Å². The standard InChI is InChI=1S/C25H24N4O3/c1-25(2,30-3)9-8-16-4-6-22-19(10-16)21(14-31-24(26)27)20-11-17(5-7-23(20)32-22)18-12-28-15-29-13-18/h4-7,10-13,15,21H,14H2,1-3H3,(H3,26,27)/t21-/m0/s1. The highest BCUT2D eigenvalue weighted by Crippen LogP contribution is 2.45. The topological polar surface area (TPSA) is 103 Å². The van der Waals surface area contributed by atoms with Gasteiger partial charge >= 0.3 is 0 Å². The molecule has 0 radical (unpaired) electrons. The van der Waals surface area contributed by atoms with Gasteiger partial charge in [0, 0.05) is 41.8 Å². The van der Waals surface area contributed by atoms with E-state index in [1.165, 1.54) is 6.33 Å². The second-order valence-corrected chi connectivity index (χ2v) is 7.93. The van der Waals surface area contributed by atoms with E-state index in [-0.39, 0.29) is 18.5 Å². The Hall–Kier alpha value is -3.89. The van der Waals surface area contributed by atoms with Crippen LogP contribution in [0.3, 0.4) is 0 Å². The van der Waals surface area contributed by atoms with Crippen LogP contribution in [0.5, 0.6) is 11.5 Å². The van der Waals surface area contributed by atoms with Gasteiger partial charge in [0.1, 0.15) is 30.0 Å². The summed E-state index contributed by atoms with van der Waals surface area (Å²) in [5, 5.41) is 7.53. The van der Waals surface area contributed by atoms with Crippen molar-refractivity contribution in [2.45, 2.75) is 25.4 Å². The van der Waals surface area contributed by atoms with Gasteiger partial charge in [-0.2, -0.15) is 0 Å². The zero-order chi connectivity index (χ0) is 22.7. The first-order valence-corrected chi connectivity index (χ1v) is 10.1. The van der Waals surface area contributed by atoms with Crippen LogP contribution in [-0.2, 0) is 9.47 Å². The summed E-state index contributed by atoms with van der Waals surface area (Å²) in [4.78, 5) is 8.22. The van der Waals surface area contributed by atoms with Gasteiger partial charge in [-0.15, -0.1) is 0 Å². The molecule has 1 aliphatic heterocycles. The first kappa shape index (κ1) is 21.3. The molecule has 32 heavy (non-hydrogen) atoms. The predicted molar refractivity (Wildman–Crippen MR) is 122 cm³/mol. The minimum absolute atomic E-state index is 0.195. The summed E-state index contributed by atoms with van der Waals surface area (Å²) in [5.41, 5.74) is 9.48. The molecule has 3 aromatic rings. The third-order valence-electron chi connectivity index (χ3n) is 5.31. The lowest BCUT2D eigenvalue weighted by atomic mass is 9.86. The Morgan fingerprint density at radius 1 is 1.09 bits per heavy atom. The number of ether oxygens (including phenoxy) is 3. The van der Waals surface area contributed by atoms with Gasteiger partial charge in [-0.3, -0.25) is 5.41 Å². The molecule has 1 atom stereocenters. The lowest BCUT2D eigenvalue weighted by molar-refractivity contribution is 0.0742. The molecule has 0 fully saturated rings. The first-order chi connectivity index (χ1) is 15.4. The van der Waals surface area contributed by atoms with E-state index in [9.17, 15) is 0 Å². The molecule has 0 unspecified atom stereocenters. The Kier molecular flexibility index (Phi) is 5.80. The zero-order valence-corrected chi connectivity index (χ0v) is 18.2. The molecule has 1 aliphatic rings. The van der Waals surface area contributed by atoms with E-state index < -0.39 is 5.60 Å². The fourth-order valence-electron chi connectivity index (χ4n) is 3.45. The van der Waals surface area contributed by atoms with E-state index in [4.69, 9.17) is 25.4 Å². The summed E-state index contributed by atoms with van der Waals surface area (Å²) in [7, 11) is 1.64. The minimum Gasteiger partial charge on any atom is -0.465 e. The molecule has 162 valence electrons. The summed E-state index contributed by atoms with van der Waals surface area (Å²) >= 11 is 0. The lowest BCUT2D eigenvalue weighted by Crippen LogP contribution is -2.21. The number of nitrogens with two attached hydrogens (primary N) is 1. The van der Waals surface area contributed by atoms with Crippen LogP contribution in [-0.4, -0.2) is 35.3 Å². The van der Waals surface area contributed by atoms with Crippen LogP contribution in [0.4, 0.5) is 0 Å². The fourth-order valence-corrected chi connectivity index (χ4v) is 3.45. The van der Waals surface area contributed by atoms with Gasteiger partial charge in [0.25, 0.3) is 6.02 Å². The fraction of sp³-hybridized carbons (Fsp3) is 0.240. The highest BCUT2D eigenvalue weighted by Gasteiger charge is 2.29. The third-order valence-corrected chi connectivity index (χ3v) is 5.31. The van der Waals surface area contributed by atoms with Crippen molar-refractivity contribution in [2.75, 3.05) is 13.7 Å². The Bertz CT molecular complexity index is 1210. The summed E-state index contributed by atoms with van der Waals surface area (Å²) in [5.74, 6) is 7.57. The van der Waals surface area contributed by atoms with Crippen molar-refractivity contribution < 1.29 is 14.2 Å². The molecule has 0 bridgehead atoms. The molecule has 1 aromatic heterocycles. The summed E-state index contributed by atoms with van der Waals surface area (Å²) in [6.07, 6.45) is 5.02. The maximum atomic E-state index is 7.53. The summed E-state index contributed by atoms with van der Waals surface area (Å²) in [6.45, 7) is 4.03. The third kappa shape index (κ3) is 4.56. The molecule has 0 saturated carbocycles. The van der Waals surface area contributed by atoms with Gasteiger partial charge in [0.15, 0.2) is 0 Å². The van der Waals surface area contributed by atoms with Crippen molar-refractivity contribution in [3.63, 3.8) is 0 Å². The quantitative estimate of drug-likeness (QED) is 0.369. The molecule has 0 amide bonds. The van der Waals surface area contributed by atoms with Crippen molar-refractivity contribution in [1.82, 2.24) is 9.97 Å². The van der Waals surface area contributed by atoms with Gasteiger partial charge < -0.3 is 19.9 Å². The van der Waals surface area contributed by atoms with Crippen LogP contribution in [0.1, 0.15) is 36.5 Å². The molecule has 2 aromatic carbocycles. The number of methoxy groups -OCH3 is 1. The average Bonchev–Trinajstić information content (AvgIpc) is 2.80. The molecule has 0 aliphatic carbocycles. The Labute approximate surface area is 187 Å². The second-order valence-electron chi connectivity index (χ2n) is 7.93. The van der Waals surface area contributed by atoms with Crippen molar-refractivity contribution in [3.05, 3.63) is 71.8 Å². The average molecular weight is 428 g/mol. The second kappa shape index (κ2) is 8.69. The van der Waals surface area contributed by atoms with E-state index in [0.29, 0.717) is 0 Å². The number of fused-ring (bicyclic) bond motifs is 2. The van der Waals surface area contributed by atoms with E-state index in [0.717, 1.165) is 39.3 Å². The first-order valence-electron chi connectivity index (χ1n) is 10.1. The van der Waals surface area contributed by atoms with E-state index >= 15 is 0 Å². The van der Waals surface area contributed by atoms with Gasteiger partial charge in [-0.1, -0.05) is 17.9 Å². The van der Waals surface area contributed by atoms with Crippen LogP contribution in [0, 0.1) is 17.3 Å². The number of benzene rings is 2. The molecular formula is C25H24N4O3. The molecular weight excluding hydrogens is 404 g/mol. The Morgan fingerprint density at radius 2 is 1.78 bits per heavy atom. The van der Waals surface area contributed by atoms with E-state index in [1.54, 1.807) is 19.5 Å². The van der Waals surface area contributed by atoms with Crippen molar-refractivity contribution in [2.24, 2.45) is 5.73 Å². The number of aromatic nitrogens is 2. The van der Waals surface area contributed by atoms with Gasteiger partial charge in [0.05, 0.1) is 5.92 Å². The smallest absolute Gasteiger partial charge is 0.279 e. The van der Waals surface area contributed by atoms with Crippen LogP contribution in [0.25, 0.3) is 11.1 Å². The molecule has 0 saturated heterocycles. The molecule has 0 spiro atoms. The number of nitrogens with zero attached hydrogens (tertiary/aromatic N) is 2. The lowest BCUT2D eigenvalue weighted by Gasteiger charge is -2.28. The zero-order valence-electron chi connectivity index (χ0n) is 18.2.